The molecule has 1 aliphatic rings. The number of hydrogen-bond donors (Lipinski definition) is 0. The fraction of sp³-hybridized carbons (Fsp3) is 0.188. The van der Waals surface area contributed by atoms with Crippen molar-refractivity contribution in [1.82, 2.24) is 0 Å². The van der Waals surface area contributed by atoms with Gasteiger partial charge in [-0.05, 0) is 64.4 Å². The van der Waals surface area contributed by atoms with Crippen molar-refractivity contribution in [3.63, 3.8) is 0 Å². The average Bonchev–Trinajstić information content (AvgIpc) is 2.44. The molecule has 0 radical (unpaired) electrons. The molecule has 102 valence electrons. The zero-order chi connectivity index (χ0) is 14.1. The zero-order valence-corrected chi connectivity index (χ0v) is 13.7. The molecule has 3 rings (SSSR count). The van der Waals surface area contributed by atoms with Gasteiger partial charge in [-0.3, -0.25) is 4.79 Å². The van der Waals surface area contributed by atoms with Gasteiger partial charge in [0.05, 0.1) is 6.54 Å². The van der Waals surface area contributed by atoms with Gasteiger partial charge in [0.1, 0.15) is 0 Å². The van der Waals surface area contributed by atoms with Crippen LogP contribution in [0.3, 0.4) is 0 Å². The Morgan fingerprint density at radius 2 is 1.95 bits per heavy atom. The number of halogens is 2. The maximum Gasteiger partial charge on any atom is 0.227 e. The lowest BCUT2D eigenvalue weighted by atomic mass is 10.0. The Bertz CT molecular complexity index is 671. The summed E-state index contributed by atoms with van der Waals surface area (Å²) in [6.45, 7) is 0.534. The van der Waals surface area contributed by atoms with Crippen LogP contribution in [0.1, 0.15) is 17.5 Å². The lowest BCUT2D eigenvalue weighted by Crippen LogP contribution is -2.34. The van der Waals surface area contributed by atoms with E-state index in [2.05, 4.69) is 28.7 Å². The summed E-state index contributed by atoms with van der Waals surface area (Å²) in [5.41, 5.74) is 3.24. The third kappa shape index (κ3) is 2.69. The van der Waals surface area contributed by atoms with E-state index >= 15 is 0 Å². The minimum atomic E-state index is 0.165. The highest BCUT2D eigenvalue weighted by Gasteiger charge is 2.24. The van der Waals surface area contributed by atoms with E-state index in [4.69, 9.17) is 11.6 Å². The predicted octanol–water partition coefficient (Wildman–Crippen LogP) is 4.42. The second-order valence-electron chi connectivity index (χ2n) is 4.84. The first-order valence-corrected chi connectivity index (χ1v) is 7.93. The Morgan fingerprint density at radius 1 is 1.15 bits per heavy atom. The summed E-state index contributed by atoms with van der Waals surface area (Å²) in [7, 11) is 0. The molecular weight excluding hydrogens is 385 g/mol. The number of benzene rings is 2. The van der Waals surface area contributed by atoms with Crippen LogP contribution >= 0.6 is 34.2 Å². The van der Waals surface area contributed by atoms with E-state index in [9.17, 15) is 4.79 Å². The van der Waals surface area contributed by atoms with Crippen LogP contribution in [0.4, 0.5) is 5.69 Å². The fourth-order valence-corrected chi connectivity index (χ4v) is 3.25. The van der Waals surface area contributed by atoms with Crippen molar-refractivity contribution in [3.05, 3.63) is 62.2 Å². The molecule has 2 aromatic rings. The summed E-state index contributed by atoms with van der Waals surface area (Å²) < 4.78 is 1.20. The number of nitrogens with zero attached hydrogens (tertiary/aromatic N) is 1. The summed E-state index contributed by atoms with van der Waals surface area (Å²) in [5, 5.41) is 0.706. The Labute approximate surface area is 136 Å². The molecular formula is C16H13ClINO. The zero-order valence-electron chi connectivity index (χ0n) is 10.8. The van der Waals surface area contributed by atoms with Crippen molar-refractivity contribution >= 4 is 45.8 Å². The van der Waals surface area contributed by atoms with Crippen LogP contribution in [-0.4, -0.2) is 5.91 Å². The molecule has 0 aromatic heterocycles. The smallest absolute Gasteiger partial charge is 0.227 e. The van der Waals surface area contributed by atoms with Crippen molar-refractivity contribution in [2.45, 2.75) is 19.4 Å². The number of carbonyl (C=O) groups excluding carboxylic acids is 1. The SMILES string of the molecule is O=C1CCc2cc(I)ccc2N1Cc1ccccc1Cl. The summed E-state index contributed by atoms with van der Waals surface area (Å²) in [4.78, 5) is 14.1. The Morgan fingerprint density at radius 3 is 2.75 bits per heavy atom. The van der Waals surface area contributed by atoms with Gasteiger partial charge >= 0.3 is 0 Å². The summed E-state index contributed by atoms with van der Waals surface area (Å²) >= 11 is 8.51. The van der Waals surface area contributed by atoms with E-state index in [1.165, 1.54) is 9.13 Å². The average molecular weight is 398 g/mol. The van der Waals surface area contributed by atoms with Gasteiger partial charge in [0.15, 0.2) is 0 Å². The molecule has 1 aliphatic heterocycles. The van der Waals surface area contributed by atoms with Crippen molar-refractivity contribution in [2.75, 3.05) is 4.90 Å². The molecule has 0 saturated heterocycles. The first kappa shape index (κ1) is 13.9. The van der Waals surface area contributed by atoms with Crippen molar-refractivity contribution < 1.29 is 4.79 Å². The number of fused-ring (bicyclic) bond motifs is 1. The normalized spacial score (nSPS) is 14.3. The molecule has 0 saturated carbocycles. The first-order chi connectivity index (χ1) is 9.65. The molecule has 1 amide bonds. The van der Waals surface area contributed by atoms with Gasteiger partial charge in [0.25, 0.3) is 0 Å². The van der Waals surface area contributed by atoms with Crippen LogP contribution < -0.4 is 4.90 Å². The third-order valence-electron chi connectivity index (χ3n) is 3.53. The molecule has 1 heterocycles. The lowest BCUT2D eigenvalue weighted by Gasteiger charge is -2.30. The van der Waals surface area contributed by atoms with E-state index in [0.29, 0.717) is 18.0 Å². The van der Waals surface area contributed by atoms with Crippen LogP contribution in [-0.2, 0) is 17.8 Å². The highest BCUT2D eigenvalue weighted by molar-refractivity contribution is 14.1. The van der Waals surface area contributed by atoms with Gasteiger partial charge < -0.3 is 4.90 Å². The summed E-state index contributed by atoms with van der Waals surface area (Å²) in [6.07, 6.45) is 1.39. The highest BCUT2D eigenvalue weighted by atomic mass is 127. The minimum Gasteiger partial charge on any atom is -0.308 e. The topological polar surface area (TPSA) is 20.3 Å². The summed E-state index contributed by atoms with van der Waals surface area (Å²) in [6, 6.07) is 13.9. The molecule has 0 unspecified atom stereocenters. The molecule has 0 spiro atoms. The molecule has 0 N–H and O–H groups in total. The molecule has 0 fully saturated rings. The number of rotatable bonds is 2. The van der Waals surface area contributed by atoms with Gasteiger partial charge in [0, 0.05) is 20.7 Å². The largest absolute Gasteiger partial charge is 0.308 e. The van der Waals surface area contributed by atoms with Gasteiger partial charge in [0.2, 0.25) is 5.91 Å². The van der Waals surface area contributed by atoms with E-state index in [-0.39, 0.29) is 5.91 Å². The van der Waals surface area contributed by atoms with Crippen molar-refractivity contribution in [3.8, 4) is 0 Å². The second kappa shape index (κ2) is 5.74. The van der Waals surface area contributed by atoms with Gasteiger partial charge in [-0.25, -0.2) is 0 Å². The number of aryl methyl sites for hydroxylation is 1. The van der Waals surface area contributed by atoms with Crippen LogP contribution in [0.15, 0.2) is 42.5 Å². The fourth-order valence-electron chi connectivity index (χ4n) is 2.50. The quantitative estimate of drug-likeness (QED) is 0.687. The van der Waals surface area contributed by atoms with Gasteiger partial charge in [-0.2, -0.15) is 0 Å². The molecule has 0 bridgehead atoms. The molecule has 20 heavy (non-hydrogen) atoms. The second-order valence-corrected chi connectivity index (χ2v) is 6.50. The molecule has 0 aliphatic carbocycles. The van der Waals surface area contributed by atoms with E-state index in [0.717, 1.165) is 17.7 Å². The third-order valence-corrected chi connectivity index (χ3v) is 4.57. The molecule has 2 aromatic carbocycles. The molecule has 4 heteroatoms. The van der Waals surface area contributed by atoms with Crippen LogP contribution in [0, 0.1) is 3.57 Å². The highest BCUT2D eigenvalue weighted by Crippen LogP contribution is 2.31. The Kier molecular flexibility index (Phi) is 3.98. The Hall–Kier alpha value is -1.07. The molecule has 0 atom stereocenters. The van der Waals surface area contributed by atoms with Crippen LogP contribution in [0.25, 0.3) is 0 Å². The Balaban J connectivity index is 1.97. The monoisotopic (exact) mass is 397 g/mol. The van der Waals surface area contributed by atoms with Crippen molar-refractivity contribution in [1.29, 1.82) is 0 Å². The van der Waals surface area contributed by atoms with E-state index in [1.807, 2.05) is 41.3 Å². The van der Waals surface area contributed by atoms with E-state index < -0.39 is 0 Å². The maximum absolute atomic E-state index is 12.2. The number of anilines is 1. The summed E-state index contributed by atoms with van der Waals surface area (Å²) in [5.74, 6) is 0.165. The van der Waals surface area contributed by atoms with Crippen LogP contribution in [0.2, 0.25) is 5.02 Å². The maximum atomic E-state index is 12.2. The lowest BCUT2D eigenvalue weighted by molar-refractivity contribution is -0.119. The standard InChI is InChI=1S/C16H13ClINO/c17-14-4-2-1-3-12(14)10-19-15-7-6-13(18)9-11(15)5-8-16(19)20/h1-4,6-7,9H,5,8,10H2. The number of amides is 1. The van der Waals surface area contributed by atoms with Gasteiger partial charge in [-0.1, -0.05) is 29.8 Å². The number of hydrogen-bond acceptors (Lipinski definition) is 1. The first-order valence-electron chi connectivity index (χ1n) is 6.47. The van der Waals surface area contributed by atoms with Crippen LogP contribution in [0.5, 0.6) is 0 Å². The number of carbonyl (C=O) groups is 1. The minimum absolute atomic E-state index is 0.165. The van der Waals surface area contributed by atoms with Gasteiger partial charge in [-0.15, -0.1) is 0 Å². The molecule has 2 nitrogen and oxygen atoms in total. The van der Waals surface area contributed by atoms with Crippen molar-refractivity contribution in [2.24, 2.45) is 0 Å². The van der Waals surface area contributed by atoms with E-state index in [1.54, 1.807) is 0 Å². The predicted molar refractivity (Wildman–Crippen MR) is 90.1 cm³/mol.